The molecule has 0 N–H and O–H groups in total. The molecule has 0 saturated carbocycles. The van der Waals surface area contributed by atoms with Gasteiger partial charge in [-0.15, -0.1) is 0 Å². The van der Waals surface area contributed by atoms with Crippen LogP contribution >= 0.6 is 0 Å². The largest absolute Gasteiger partial charge is 0.455 e. The molecule has 0 fully saturated rings. The second kappa shape index (κ2) is 10.8. The maximum atomic E-state index is 6.89. The Balaban J connectivity index is 1.88. The molecular weight excluding hydrogens is 581 g/mol. The van der Waals surface area contributed by atoms with Crippen molar-refractivity contribution in [2.75, 3.05) is 0 Å². The fourth-order valence-corrected chi connectivity index (χ4v) is 9.00. The summed E-state index contributed by atoms with van der Waals surface area (Å²) in [5, 5.41) is 8.12. The van der Waals surface area contributed by atoms with Gasteiger partial charge in [-0.3, -0.25) is 0 Å². The lowest BCUT2D eigenvalue weighted by molar-refractivity contribution is 0.661. The third kappa shape index (κ3) is 3.97. The molecule has 0 bridgehead atoms. The highest BCUT2D eigenvalue weighted by Crippen LogP contribution is 2.53. The van der Waals surface area contributed by atoms with Gasteiger partial charge in [0.15, 0.2) is 0 Å². The van der Waals surface area contributed by atoms with Crippen LogP contribution in [0.1, 0.15) is 83.5 Å². The molecule has 48 heavy (non-hydrogen) atoms. The van der Waals surface area contributed by atoms with Gasteiger partial charge in [0.2, 0.25) is 0 Å². The van der Waals surface area contributed by atoms with E-state index in [-0.39, 0.29) is 0 Å². The van der Waals surface area contributed by atoms with E-state index in [0.29, 0.717) is 0 Å². The second-order valence-corrected chi connectivity index (χ2v) is 14.9. The van der Waals surface area contributed by atoms with E-state index in [2.05, 4.69) is 134 Å². The molecule has 0 atom stereocenters. The van der Waals surface area contributed by atoms with Crippen molar-refractivity contribution in [1.29, 1.82) is 0 Å². The van der Waals surface area contributed by atoms with E-state index >= 15 is 0 Å². The molecule has 0 saturated heterocycles. The summed E-state index contributed by atoms with van der Waals surface area (Å²) in [6.07, 6.45) is 0. The summed E-state index contributed by atoms with van der Waals surface area (Å²) in [7, 11) is 0. The van der Waals surface area contributed by atoms with Gasteiger partial charge in [-0.25, -0.2) is 0 Å². The van der Waals surface area contributed by atoms with Gasteiger partial charge < -0.3 is 4.42 Å². The quantitative estimate of drug-likeness (QED) is 0.173. The third-order valence-electron chi connectivity index (χ3n) is 13.0. The van der Waals surface area contributed by atoms with Crippen LogP contribution < -0.4 is 0 Å². The highest BCUT2D eigenvalue weighted by molar-refractivity contribution is 6.27. The van der Waals surface area contributed by atoms with Crippen LogP contribution in [0.4, 0.5) is 0 Å². The second-order valence-electron chi connectivity index (χ2n) is 14.9. The van der Waals surface area contributed by atoms with Crippen molar-refractivity contribution < 1.29 is 4.42 Å². The van der Waals surface area contributed by atoms with Gasteiger partial charge in [-0.05, 0) is 231 Å². The molecule has 0 radical (unpaired) electrons. The number of aryl methyl sites for hydroxylation is 8. The molecule has 0 spiro atoms. The summed E-state index contributed by atoms with van der Waals surface area (Å²) in [5.41, 5.74) is 27.7. The molecule has 0 unspecified atom stereocenters. The molecular formula is C47H50O. The number of hydrogen-bond acceptors (Lipinski definition) is 1. The van der Waals surface area contributed by atoms with E-state index in [9.17, 15) is 0 Å². The van der Waals surface area contributed by atoms with Gasteiger partial charge in [-0.2, -0.15) is 0 Å². The molecule has 1 heteroatoms. The van der Waals surface area contributed by atoms with Crippen LogP contribution in [-0.4, -0.2) is 0 Å². The zero-order valence-corrected chi connectivity index (χ0v) is 31.8. The van der Waals surface area contributed by atoms with Crippen molar-refractivity contribution in [2.45, 2.75) is 104 Å². The van der Waals surface area contributed by atoms with Crippen LogP contribution in [0, 0.1) is 104 Å². The lowest BCUT2D eigenvalue weighted by Crippen LogP contribution is -2.05. The monoisotopic (exact) mass is 630 g/mol. The van der Waals surface area contributed by atoms with Gasteiger partial charge >= 0.3 is 0 Å². The first-order valence-electron chi connectivity index (χ1n) is 17.6. The molecule has 1 heterocycles. The van der Waals surface area contributed by atoms with Crippen molar-refractivity contribution in [3.05, 3.63) is 114 Å². The van der Waals surface area contributed by atoms with E-state index < -0.39 is 0 Å². The van der Waals surface area contributed by atoms with Gasteiger partial charge in [0.05, 0.1) is 0 Å². The first-order valence-corrected chi connectivity index (χ1v) is 17.6. The maximum Gasteiger partial charge on any atom is 0.138 e. The average molecular weight is 631 g/mol. The molecule has 244 valence electrons. The van der Waals surface area contributed by atoms with Gasteiger partial charge in [-0.1, -0.05) is 30.3 Å². The van der Waals surface area contributed by atoms with Crippen LogP contribution in [0.15, 0.2) is 34.7 Å². The SMILES string of the molecule is Cc1c(C)c(C)c2c(oc3c(C)c(C)c(-c4c5c(C)c(C)c(C)c(C)c5c(-c5ccccc5)c5c(C)c(C)c(C)c(C)c45)c(C)c32)c1C. The molecule has 7 aromatic rings. The zero-order chi connectivity index (χ0) is 34.8. The van der Waals surface area contributed by atoms with Gasteiger partial charge in [0.1, 0.15) is 11.2 Å². The molecule has 6 aromatic carbocycles. The Kier molecular flexibility index (Phi) is 7.26. The van der Waals surface area contributed by atoms with Crippen molar-refractivity contribution >= 4 is 43.5 Å². The van der Waals surface area contributed by atoms with Crippen LogP contribution in [0.2, 0.25) is 0 Å². The number of benzene rings is 6. The van der Waals surface area contributed by atoms with Crippen LogP contribution in [0.25, 0.3) is 65.7 Å². The van der Waals surface area contributed by atoms with E-state index in [4.69, 9.17) is 4.42 Å². The first-order chi connectivity index (χ1) is 22.6. The molecule has 1 nitrogen and oxygen atoms in total. The highest BCUT2D eigenvalue weighted by atomic mass is 16.3. The van der Waals surface area contributed by atoms with E-state index in [1.807, 2.05) is 0 Å². The molecule has 0 aliphatic carbocycles. The Bertz CT molecular complexity index is 2490. The van der Waals surface area contributed by atoms with Crippen LogP contribution in [0.3, 0.4) is 0 Å². The molecule has 1 aromatic heterocycles. The number of rotatable bonds is 2. The Morgan fingerprint density at radius 1 is 0.271 bits per heavy atom. The lowest BCUT2D eigenvalue weighted by Gasteiger charge is -2.28. The summed E-state index contributed by atoms with van der Waals surface area (Å²) < 4.78 is 6.89. The Hall–Kier alpha value is -4.36. The minimum atomic E-state index is 1.04. The van der Waals surface area contributed by atoms with Crippen molar-refractivity contribution in [3.8, 4) is 22.3 Å². The van der Waals surface area contributed by atoms with Gasteiger partial charge in [0, 0.05) is 10.8 Å². The zero-order valence-electron chi connectivity index (χ0n) is 31.8. The highest BCUT2D eigenvalue weighted by Gasteiger charge is 2.29. The topological polar surface area (TPSA) is 13.1 Å². The third-order valence-corrected chi connectivity index (χ3v) is 13.0. The molecule has 0 aliphatic rings. The standard InChI is InChI=1S/C47H50O/c1-21-23(3)29(9)40-38(27(21)7)44(36-19-17-16-18-20-36)39-28(8)22(2)24(4)30(10)41(39)45(40)37-32(12)34(14)47-43(35(37)15)42-31(11)25(5)26(6)33(13)46(42)48-47/h16-20H,1-15H3. The normalized spacial score (nSPS) is 12.1. The summed E-state index contributed by atoms with van der Waals surface area (Å²) in [5.74, 6) is 0. The van der Waals surface area contributed by atoms with Crippen LogP contribution in [0.5, 0.6) is 0 Å². The Morgan fingerprint density at radius 3 is 1.04 bits per heavy atom. The fraction of sp³-hybridized carbons (Fsp3) is 0.319. The number of fused-ring (bicyclic) bond motifs is 5. The first kappa shape index (κ1) is 32.2. The smallest absolute Gasteiger partial charge is 0.138 e. The minimum absolute atomic E-state index is 1.04. The van der Waals surface area contributed by atoms with Crippen molar-refractivity contribution in [2.24, 2.45) is 0 Å². The van der Waals surface area contributed by atoms with Crippen LogP contribution in [-0.2, 0) is 0 Å². The Morgan fingerprint density at radius 2 is 0.604 bits per heavy atom. The predicted molar refractivity (Wildman–Crippen MR) is 211 cm³/mol. The summed E-state index contributed by atoms with van der Waals surface area (Å²) in [6.45, 7) is 34.7. The van der Waals surface area contributed by atoms with Crippen molar-refractivity contribution in [3.63, 3.8) is 0 Å². The van der Waals surface area contributed by atoms with Gasteiger partial charge in [0.25, 0.3) is 0 Å². The summed E-state index contributed by atoms with van der Waals surface area (Å²) in [4.78, 5) is 0. The lowest BCUT2D eigenvalue weighted by atomic mass is 9.75. The maximum absolute atomic E-state index is 6.89. The molecule has 7 rings (SSSR count). The van der Waals surface area contributed by atoms with Crippen molar-refractivity contribution in [1.82, 2.24) is 0 Å². The number of hydrogen-bond donors (Lipinski definition) is 0. The van der Waals surface area contributed by atoms with E-state index in [1.165, 1.54) is 138 Å². The van der Waals surface area contributed by atoms with E-state index in [1.54, 1.807) is 0 Å². The Labute approximate surface area is 287 Å². The van der Waals surface area contributed by atoms with E-state index in [0.717, 1.165) is 11.2 Å². The fourth-order valence-electron chi connectivity index (χ4n) is 9.00. The average Bonchev–Trinajstić information content (AvgIpc) is 3.49. The minimum Gasteiger partial charge on any atom is -0.455 e. The number of furan rings is 1. The predicted octanol–water partition coefficient (Wildman–Crippen LogP) is 13.9. The molecule has 0 aliphatic heterocycles. The molecule has 0 amide bonds. The summed E-state index contributed by atoms with van der Waals surface area (Å²) in [6, 6.07) is 11.1. The summed E-state index contributed by atoms with van der Waals surface area (Å²) >= 11 is 0.